The second-order valence-corrected chi connectivity index (χ2v) is 7.62. The number of hydrogen-bond acceptors (Lipinski definition) is 4. The van der Waals surface area contributed by atoms with Crippen molar-refractivity contribution in [2.24, 2.45) is 0 Å². The van der Waals surface area contributed by atoms with Crippen LogP contribution in [0.2, 0.25) is 0 Å². The SMILES string of the molecule is COCOc1cc(C)c(-c2cccc(COc3ccc(CCC(=O)O)c(F)c3)c2)c(C)c1. The van der Waals surface area contributed by atoms with E-state index >= 15 is 0 Å². The maximum absolute atomic E-state index is 14.2. The summed E-state index contributed by atoms with van der Waals surface area (Å²) in [4.78, 5) is 10.7. The first kappa shape index (κ1) is 23.3. The van der Waals surface area contributed by atoms with Crippen LogP contribution in [0.3, 0.4) is 0 Å². The molecule has 6 heteroatoms. The fourth-order valence-corrected chi connectivity index (χ4v) is 3.63. The van der Waals surface area contributed by atoms with Gasteiger partial charge in [-0.1, -0.05) is 24.3 Å². The monoisotopic (exact) mass is 438 g/mol. The molecule has 0 bridgehead atoms. The number of halogens is 1. The van der Waals surface area contributed by atoms with Crippen molar-refractivity contribution in [1.29, 1.82) is 0 Å². The Kier molecular flexibility index (Phi) is 7.84. The lowest BCUT2D eigenvalue weighted by Gasteiger charge is -2.15. The van der Waals surface area contributed by atoms with Crippen molar-refractivity contribution < 1.29 is 28.5 Å². The van der Waals surface area contributed by atoms with E-state index in [1.807, 2.05) is 44.2 Å². The van der Waals surface area contributed by atoms with Gasteiger partial charge in [-0.15, -0.1) is 0 Å². The van der Waals surface area contributed by atoms with Gasteiger partial charge in [0.25, 0.3) is 0 Å². The van der Waals surface area contributed by atoms with E-state index in [0.717, 1.165) is 33.6 Å². The zero-order chi connectivity index (χ0) is 23.1. The van der Waals surface area contributed by atoms with E-state index in [1.54, 1.807) is 19.2 Å². The summed E-state index contributed by atoms with van der Waals surface area (Å²) in [6, 6.07) is 16.5. The fraction of sp³-hybridized carbons (Fsp3) is 0.269. The molecule has 0 radical (unpaired) electrons. The van der Waals surface area contributed by atoms with Crippen molar-refractivity contribution >= 4 is 5.97 Å². The summed E-state index contributed by atoms with van der Waals surface area (Å²) in [6.07, 6.45) is 0.0414. The number of methoxy groups -OCH3 is 1. The van der Waals surface area contributed by atoms with Crippen molar-refractivity contribution in [2.45, 2.75) is 33.3 Å². The predicted molar refractivity (Wildman–Crippen MR) is 121 cm³/mol. The normalized spacial score (nSPS) is 10.8. The van der Waals surface area contributed by atoms with Crippen LogP contribution in [0.25, 0.3) is 11.1 Å². The molecule has 0 aliphatic carbocycles. The molecule has 3 rings (SSSR count). The Morgan fingerprint density at radius 2 is 1.72 bits per heavy atom. The fourth-order valence-electron chi connectivity index (χ4n) is 3.63. The number of rotatable bonds is 10. The van der Waals surface area contributed by atoms with E-state index in [4.69, 9.17) is 19.3 Å². The molecule has 0 amide bonds. The lowest BCUT2D eigenvalue weighted by molar-refractivity contribution is -0.136. The zero-order valence-electron chi connectivity index (χ0n) is 18.5. The molecule has 0 unspecified atom stereocenters. The summed E-state index contributed by atoms with van der Waals surface area (Å²) >= 11 is 0. The minimum absolute atomic E-state index is 0.109. The number of hydrogen-bond donors (Lipinski definition) is 1. The molecule has 1 N–H and O–H groups in total. The van der Waals surface area contributed by atoms with Crippen LogP contribution in [0.5, 0.6) is 11.5 Å². The third-order valence-electron chi connectivity index (χ3n) is 5.10. The molecule has 0 saturated heterocycles. The lowest BCUT2D eigenvalue weighted by Crippen LogP contribution is -2.01. The number of ether oxygens (including phenoxy) is 3. The molecule has 168 valence electrons. The van der Waals surface area contributed by atoms with Gasteiger partial charge in [0.2, 0.25) is 0 Å². The quantitative estimate of drug-likeness (QED) is 0.412. The molecular weight excluding hydrogens is 411 g/mol. The van der Waals surface area contributed by atoms with Crippen molar-refractivity contribution in [3.05, 3.63) is 82.7 Å². The van der Waals surface area contributed by atoms with E-state index in [0.29, 0.717) is 11.3 Å². The Morgan fingerprint density at radius 3 is 2.38 bits per heavy atom. The summed E-state index contributed by atoms with van der Waals surface area (Å²) < 4.78 is 30.5. The van der Waals surface area contributed by atoms with E-state index in [2.05, 4.69) is 6.07 Å². The minimum atomic E-state index is -0.952. The number of aliphatic carboxylic acids is 1. The second-order valence-electron chi connectivity index (χ2n) is 7.62. The molecule has 0 saturated carbocycles. The average molecular weight is 438 g/mol. The highest BCUT2D eigenvalue weighted by Crippen LogP contribution is 2.32. The Morgan fingerprint density at radius 1 is 0.969 bits per heavy atom. The van der Waals surface area contributed by atoms with Gasteiger partial charge in [-0.2, -0.15) is 0 Å². The number of benzene rings is 3. The molecule has 0 aromatic heterocycles. The van der Waals surface area contributed by atoms with Crippen LogP contribution < -0.4 is 9.47 Å². The molecule has 0 heterocycles. The summed E-state index contributed by atoms with van der Waals surface area (Å²) in [5, 5.41) is 8.76. The van der Waals surface area contributed by atoms with Crippen molar-refractivity contribution in [3.63, 3.8) is 0 Å². The molecule has 0 spiro atoms. The number of carbonyl (C=O) groups is 1. The summed E-state index contributed by atoms with van der Waals surface area (Å²) in [6.45, 7) is 4.57. The van der Waals surface area contributed by atoms with E-state index in [1.165, 1.54) is 6.07 Å². The van der Waals surface area contributed by atoms with Crippen molar-refractivity contribution in [1.82, 2.24) is 0 Å². The van der Waals surface area contributed by atoms with Crippen LogP contribution in [0.4, 0.5) is 4.39 Å². The third-order valence-corrected chi connectivity index (χ3v) is 5.10. The molecule has 5 nitrogen and oxygen atoms in total. The van der Waals surface area contributed by atoms with Gasteiger partial charge < -0.3 is 19.3 Å². The van der Waals surface area contributed by atoms with Crippen LogP contribution in [-0.4, -0.2) is 25.0 Å². The minimum Gasteiger partial charge on any atom is -0.489 e. The first-order chi connectivity index (χ1) is 15.4. The Bertz CT molecular complexity index is 1070. The van der Waals surface area contributed by atoms with Gasteiger partial charge in [0.05, 0.1) is 0 Å². The van der Waals surface area contributed by atoms with Crippen LogP contribution >= 0.6 is 0 Å². The Hall–Kier alpha value is -3.38. The van der Waals surface area contributed by atoms with Gasteiger partial charge in [-0.3, -0.25) is 4.79 Å². The predicted octanol–water partition coefficient (Wildman–Crippen LogP) is 5.69. The Labute approximate surface area is 187 Å². The molecule has 0 atom stereocenters. The molecule has 3 aromatic rings. The van der Waals surface area contributed by atoms with E-state index < -0.39 is 11.8 Å². The van der Waals surface area contributed by atoms with Gasteiger partial charge in [-0.25, -0.2) is 4.39 Å². The van der Waals surface area contributed by atoms with Crippen LogP contribution in [0, 0.1) is 19.7 Å². The van der Waals surface area contributed by atoms with Gasteiger partial charge in [0.15, 0.2) is 6.79 Å². The van der Waals surface area contributed by atoms with Gasteiger partial charge in [0.1, 0.15) is 23.9 Å². The van der Waals surface area contributed by atoms with Gasteiger partial charge in [0, 0.05) is 19.6 Å². The van der Waals surface area contributed by atoms with E-state index in [9.17, 15) is 9.18 Å². The van der Waals surface area contributed by atoms with Gasteiger partial charge in [-0.05, 0) is 77.9 Å². The highest BCUT2D eigenvalue weighted by Gasteiger charge is 2.10. The molecule has 0 fully saturated rings. The average Bonchev–Trinajstić information content (AvgIpc) is 2.75. The van der Waals surface area contributed by atoms with Crippen molar-refractivity contribution in [2.75, 3.05) is 13.9 Å². The number of aryl methyl sites for hydroxylation is 3. The van der Waals surface area contributed by atoms with E-state index in [-0.39, 0.29) is 26.2 Å². The van der Waals surface area contributed by atoms with Crippen molar-refractivity contribution in [3.8, 4) is 22.6 Å². The molecule has 0 aliphatic rings. The standard InChI is InChI=1S/C26H27FO5/c1-17-11-23(32-16-30-3)12-18(2)26(17)21-6-4-5-19(13-21)15-31-22-9-7-20(24(27)14-22)8-10-25(28)29/h4-7,9,11-14H,8,10,15-16H2,1-3H3,(H,28,29). The largest absolute Gasteiger partial charge is 0.489 e. The first-order valence-corrected chi connectivity index (χ1v) is 10.3. The molecule has 3 aromatic carbocycles. The number of carboxylic acids is 1. The maximum Gasteiger partial charge on any atom is 0.303 e. The summed E-state index contributed by atoms with van der Waals surface area (Å²) in [5.74, 6) is -0.246. The van der Waals surface area contributed by atoms with Crippen LogP contribution in [0.1, 0.15) is 28.7 Å². The maximum atomic E-state index is 14.2. The van der Waals surface area contributed by atoms with Crippen LogP contribution in [-0.2, 0) is 22.6 Å². The zero-order valence-corrected chi connectivity index (χ0v) is 18.5. The summed E-state index contributed by atoms with van der Waals surface area (Å²) in [5.41, 5.74) is 5.70. The molecule has 0 aliphatic heterocycles. The molecule has 32 heavy (non-hydrogen) atoms. The first-order valence-electron chi connectivity index (χ1n) is 10.3. The number of carboxylic acid groups (broad SMARTS) is 1. The second kappa shape index (κ2) is 10.8. The topological polar surface area (TPSA) is 65.0 Å². The Balaban J connectivity index is 1.72. The third kappa shape index (κ3) is 6.08. The summed E-state index contributed by atoms with van der Waals surface area (Å²) in [7, 11) is 1.59. The van der Waals surface area contributed by atoms with Crippen LogP contribution in [0.15, 0.2) is 54.6 Å². The highest BCUT2D eigenvalue weighted by atomic mass is 19.1. The smallest absolute Gasteiger partial charge is 0.303 e. The highest BCUT2D eigenvalue weighted by molar-refractivity contribution is 5.72. The lowest BCUT2D eigenvalue weighted by atomic mass is 9.94. The molecular formula is C26H27FO5. The van der Waals surface area contributed by atoms with Gasteiger partial charge >= 0.3 is 5.97 Å².